The highest BCUT2D eigenvalue weighted by atomic mass is 16.6. The van der Waals surface area contributed by atoms with E-state index in [1.807, 2.05) is 18.5 Å². The summed E-state index contributed by atoms with van der Waals surface area (Å²) < 4.78 is 5.24. The predicted octanol–water partition coefficient (Wildman–Crippen LogP) is 5.03. The summed E-state index contributed by atoms with van der Waals surface area (Å²) in [7, 11) is 0. The summed E-state index contributed by atoms with van der Waals surface area (Å²) in [6.07, 6.45) is 15.4. The van der Waals surface area contributed by atoms with Crippen LogP contribution in [0, 0.1) is 28.6 Å². The minimum absolute atomic E-state index is 0.132. The Hall–Kier alpha value is -2.43. The monoisotopic (exact) mass is 421 g/mol. The number of pyridine rings is 1. The minimum atomic E-state index is -1.50. The number of hydrogen-bond donors (Lipinski definition) is 1. The average molecular weight is 422 g/mol. The van der Waals surface area contributed by atoms with Gasteiger partial charge in [-0.25, -0.2) is 9.59 Å². The number of nitrogens with zero attached hydrogens (tertiary/aromatic N) is 1. The number of aromatic nitrogens is 1. The van der Waals surface area contributed by atoms with Crippen LogP contribution in [0.4, 0.5) is 0 Å². The maximum Gasteiger partial charge on any atom is 0.417 e. The van der Waals surface area contributed by atoms with Gasteiger partial charge in [-0.3, -0.25) is 4.98 Å². The quantitative estimate of drug-likeness (QED) is 0.412. The molecule has 164 valence electrons. The van der Waals surface area contributed by atoms with E-state index in [1.54, 1.807) is 0 Å². The Bertz CT molecular complexity index is 967. The summed E-state index contributed by atoms with van der Waals surface area (Å²) in [6, 6.07) is 4.23. The Morgan fingerprint density at radius 2 is 1.90 bits per heavy atom. The van der Waals surface area contributed by atoms with E-state index >= 15 is 0 Å². The summed E-state index contributed by atoms with van der Waals surface area (Å²) in [5.74, 6) is -0.676. The lowest BCUT2D eigenvalue weighted by molar-refractivity contribution is -0.168. The maximum atomic E-state index is 11.5. The first kappa shape index (κ1) is 20.5. The van der Waals surface area contributed by atoms with Crippen LogP contribution in [0.2, 0.25) is 0 Å². The van der Waals surface area contributed by atoms with Crippen molar-refractivity contribution in [1.29, 1.82) is 0 Å². The number of carbonyl (C=O) groups excluding carboxylic acids is 1. The van der Waals surface area contributed by atoms with E-state index in [2.05, 4.69) is 37.0 Å². The first-order valence-corrected chi connectivity index (χ1v) is 11.6. The van der Waals surface area contributed by atoms with Gasteiger partial charge in [0.15, 0.2) is 0 Å². The molecule has 4 aliphatic rings. The Morgan fingerprint density at radius 1 is 1.10 bits per heavy atom. The summed E-state index contributed by atoms with van der Waals surface area (Å²) in [5, 5.41) is 8.87. The minimum Gasteiger partial charge on any atom is -0.473 e. The molecule has 0 aliphatic heterocycles. The van der Waals surface area contributed by atoms with Gasteiger partial charge in [-0.15, -0.1) is 0 Å². The number of rotatable bonds is 2. The van der Waals surface area contributed by atoms with Gasteiger partial charge < -0.3 is 9.84 Å². The molecule has 6 atom stereocenters. The third-order valence-electron chi connectivity index (χ3n) is 9.06. The van der Waals surface area contributed by atoms with Crippen LogP contribution in [-0.2, 0) is 14.3 Å². The molecule has 1 N–H and O–H groups in total. The molecule has 5 rings (SSSR count). The van der Waals surface area contributed by atoms with Crippen LogP contribution in [0.1, 0.15) is 64.4 Å². The average Bonchev–Trinajstić information content (AvgIpc) is 3.11. The zero-order valence-corrected chi connectivity index (χ0v) is 18.3. The number of carbonyl (C=O) groups is 2. The highest BCUT2D eigenvalue weighted by Gasteiger charge is 2.57. The number of carboxylic acids is 1. The van der Waals surface area contributed by atoms with Gasteiger partial charge in [0.25, 0.3) is 0 Å². The molecule has 2 fully saturated rings. The van der Waals surface area contributed by atoms with Crippen molar-refractivity contribution in [3.8, 4) is 0 Å². The van der Waals surface area contributed by atoms with Crippen LogP contribution in [0.15, 0.2) is 42.3 Å². The van der Waals surface area contributed by atoms with Gasteiger partial charge in [-0.1, -0.05) is 37.6 Å². The van der Waals surface area contributed by atoms with Gasteiger partial charge in [0, 0.05) is 18.8 Å². The lowest BCUT2D eigenvalue weighted by Gasteiger charge is -2.57. The second kappa shape index (κ2) is 7.32. The largest absolute Gasteiger partial charge is 0.473 e. The van der Waals surface area contributed by atoms with Gasteiger partial charge >= 0.3 is 11.9 Å². The van der Waals surface area contributed by atoms with Crippen molar-refractivity contribution >= 4 is 17.5 Å². The second-order valence-corrected chi connectivity index (χ2v) is 10.4. The van der Waals surface area contributed by atoms with Crippen molar-refractivity contribution in [2.75, 3.05) is 0 Å². The number of carboxylic acid groups (broad SMARTS) is 1. The fourth-order valence-electron chi connectivity index (χ4n) is 7.47. The van der Waals surface area contributed by atoms with Gasteiger partial charge in [-0.2, -0.15) is 0 Å². The molecule has 1 aromatic heterocycles. The molecular weight excluding hydrogens is 390 g/mol. The Morgan fingerprint density at radius 3 is 2.65 bits per heavy atom. The van der Waals surface area contributed by atoms with Crippen molar-refractivity contribution in [2.24, 2.45) is 28.6 Å². The number of esters is 1. The van der Waals surface area contributed by atoms with Crippen molar-refractivity contribution in [3.63, 3.8) is 0 Å². The number of aliphatic carboxylic acids is 1. The van der Waals surface area contributed by atoms with E-state index in [0.717, 1.165) is 25.7 Å². The Kier molecular flexibility index (Phi) is 4.83. The SMILES string of the molecule is C[C@]12CC[C@H](OC(=O)C(=O)O)CC1=CC[C@@H]1[C@@H]2CC[C@]2(C)C(c3cccnc3)=CC[C@@H]12. The molecule has 0 amide bonds. The number of allylic oxidation sites excluding steroid dienone is 3. The molecule has 4 aliphatic carbocycles. The molecule has 31 heavy (non-hydrogen) atoms. The van der Waals surface area contributed by atoms with Gasteiger partial charge in [0.2, 0.25) is 0 Å². The Balaban J connectivity index is 1.37. The molecule has 5 nitrogen and oxygen atoms in total. The van der Waals surface area contributed by atoms with Crippen LogP contribution >= 0.6 is 0 Å². The normalized spacial score (nSPS) is 38.8. The van der Waals surface area contributed by atoms with Crippen molar-refractivity contribution in [2.45, 2.75) is 64.9 Å². The number of ether oxygens (including phenoxy) is 1. The molecule has 0 aromatic carbocycles. The molecule has 1 heterocycles. The molecule has 5 heteroatoms. The van der Waals surface area contributed by atoms with Gasteiger partial charge in [0.05, 0.1) is 0 Å². The van der Waals surface area contributed by atoms with Crippen molar-refractivity contribution < 1.29 is 19.4 Å². The lowest BCUT2D eigenvalue weighted by atomic mass is 9.47. The maximum absolute atomic E-state index is 11.5. The first-order valence-electron chi connectivity index (χ1n) is 11.6. The summed E-state index contributed by atoms with van der Waals surface area (Å²) >= 11 is 0. The van der Waals surface area contributed by atoms with E-state index in [9.17, 15) is 9.59 Å². The zero-order chi connectivity index (χ0) is 21.8. The van der Waals surface area contributed by atoms with Crippen LogP contribution in [0.25, 0.3) is 5.57 Å². The molecular formula is C26H31NO4. The fraction of sp³-hybridized carbons (Fsp3) is 0.577. The van der Waals surface area contributed by atoms with E-state index in [-0.39, 0.29) is 16.9 Å². The summed E-state index contributed by atoms with van der Waals surface area (Å²) in [4.78, 5) is 26.8. The molecule has 0 bridgehead atoms. The molecule has 1 aromatic rings. The van der Waals surface area contributed by atoms with Crippen molar-refractivity contribution in [1.82, 2.24) is 4.98 Å². The third kappa shape index (κ3) is 3.16. The molecule has 0 spiro atoms. The summed E-state index contributed by atoms with van der Waals surface area (Å²) in [5.41, 5.74) is 4.47. The van der Waals surface area contributed by atoms with Crippen molar-refractivity contribution in [3.05, 3.63) is 47.8 Å². The Labute approximate surface area is 183 Å². The zero-order valence-electron chi connectivity index (χ0n) is 18.3. The molecule has 0 saturated heterocycles. The molecule has 0 unspecified atom stereocenters. The van der Waals surface area contributed by atoms with Crippen LogP contribution in [0.3, 0.4) is 0 Å². The predicted molar refractivity (Wildman–Crippen MR) is 117 cm³/mol. The van der Waals surface area contributed by atoms with Gasteiger partial charge in [-0.05, 0) is 84.3 Å². The second-order valence-electron chi connectivity index (χ2n) is 10.4. The van der Waals surface area contributed by atoms with Crippen LogP contribution in [-0.4, -0.2) is 28.1 Å². The fourth-order valence-corrected chi connectivity index (χ4v) is 7.47. The number of hydrogen-bond acceptors (Lipinski definition) is 4. The standard InChI is InChI=1S/C26H31NO4/c1-25-11-9-18(31-24(30)23(28)29)14-17(25)5-6-19-21-8-7-20(16-4-3-13-27-15-16)26(21,2)12-10-22(19)25/h3-5,7,13,15,18-19,21-22H,6,8-12,14H2,1-2H3,(H,28,29)/t18-,19-,21-,22-,25-,26+/m0/s1. The van der Waals surface area contributed by atoms with E-state index in [4.69, 9.17) is 9.84 Å². The highest BCUT2D eigenvalue weighted by molar-refractivity contribution is 6.28. The highest BCUT2D eigenvalue weighted by Crippen LogP contribution is 2.66. The van der Waals surface area contributed by atoms with E-state index in [1.165, 1.54) is 29.6 Å². The van der Waals surface area contributed by atoms with E-state index < -0.39 is 11.9 Å². The van der Waals surface area contributed by atoms with E-state index in [0.29, 0.717) is 24.2 Å². The number of fused-ring (bicyclic) bond motifs is 5. The topological polar surface area (TPSA) is 76.5 Å². The van der Waals surface area contributed by atoms with Gasteiger partial charge in [0.1, 0.15) is 6.10 Å². The lowest BCUT2D eigenvalue weighted by Crippen LogP contribution is -2.50. The molecule has 0 radical (unpaired) electrons. The summed E-state index contributed by atoms with van der Waals surface area (Å²) in [6.45, 7) is 4.86. The van der Waals surface area contributed by atoms with Crippen LogP contribution < -0.4 is 0 Å². The van der Waals surface area contributed by atoms with Crippen LogP contribution in [0.5, 0.6) is 0 Å². The first-order chi connectivity index (χ1) is 14.8. The smallest absolute Gasteiger partial charge is 0.417 e. The molecule has 2 saturated carbocycles. The third-order valence-corrected chi connectivity index (χ3v) is 9.06.